The molecule has 1 heterocycles. The molecule has 1 N–H and O–H groups in total. The van der Waals surface area contributed by atoms with Crippen LogP contribution in [0.3, 0.4) is 0 Å². The summed E-state index contributed by atoms with van der Waals surface area (Å²) < 4.78 is 2.12. The number of para-hydroxylation sites is 1. The number of aryl methyl sites for hydroxylation is 1. The molecule has 0 aliphatic heterocycles. The molecule has 2 aromatic rings. The molecular formula is C14H16INO. The number of benzene rings is 1. The van der Waals surface area contributed by atoms with Crippen molar-refractivity contribution in [3.05, 3.63) is 48.2 Å². The molecule has 90 valence electrons. The van der Waals surface area contributed by atoms with Crippen molar-refractivity contribution >= 4 is 17.0 Å². The van der Waals surface area contributed by atoms with Crippen molar-refractivity contribution in [2.75, 3.05) is 0 Å². The lowest BCUT2D eigenvalue weighted by atomic mass is 10.2. The van der Waals surface area contributed by atoms with E-state index in [0.717, 1.165) is 5.69 Å². The Morgan fingerprint density at radius 2 is 1.88 bits per heavy atom. The molecule has 0 saturated carbocycles. The monoisotopic (exact) mass is 341 g/mol. The first-order valence-corrected chi connectivity index (χ1v) is 5.42. The Labute approximate surface area is 119 Å². The molecule has 0 radical (unpaired) electrons. The molecule has 0 bridgehead atoms. The predicted octanol–water partition coefficient (Wildman–Crippen LogP) is -0.938. The topological polar surface area (TPSA) is 24.1 Å². The van der Waals surface area contributed by atoms with Crippen LogP contribution in [0, 0.1) is 0 Å². The Morgan fingerprint density at radius 1 is 1.18 bits per heavy atom. The van der Waals surface area contributed by atoms with Crippen LogP contribution in [0.15, 0.2) is 42.5 Å². The van der Waals surface area contributed by atoms with Gasteiger partial charge in [-0.1, -0.05) is 12.1 Å². The number of halogens is 1. The van der Waals surface area contributed by atoms with Crippen molar-refractivity contribution in [3.63, 3.8) is 0 Å². The van der Waals surface area contributed by atoms with Gasteiger partial charge < -0.3 is 29.1 Å². The summed E-state index contributed by atoms with van der Waals surface area (Å²) in [5.41, 5.74) is 2.27. The highest BCUT2D eigenvalue weighted by atomic mass is 127. The van der Waals surface area contributed by atoms with E-state index in [0.29, 0.717) is 0 Å². The van der Waals surface area contributed by atoms with Gasteiger partial charge in [-0.15, -0.1) is 0 Å². The number of hydrogen-bond donors (Lipinski definition) is 1. The van der Waals surface area contributed by atoms with Crippen molar-refractivity contribution in [2.24, 2.45) is 7.05 Å². The van der Waals surface area contributed by atoms with Crippen molar-refractivity contribution < 1.29 is 33.7 Å². The summed E-state index contributed by atoms with van der Waals surface area (Å²) in [6.45, 7) is 1.75. The van der Waals surface area contributed by atoms with E-state index in [1.54, 1.807) is 13.0 Å². The minimum Gasteiger partial charge on any atom is -1.00 e. The summed E-state index contributed by atoms with van der Waals surface area (Å²) in [6.07, 6.45) is 3.31. The van der Waals surface area contributed by atoms with Crippen LogP contribution in [0.4, 0.5) is 0 Å². The summed E-state index contributed by atoms with van der Waals surface area (Å²) in [5, 5.41) is 10.4. The van der Waals surface area contributed by atoms with E-state index in [4.69, 9.17) is 0 Å². The van der Waals surface area contributed by atoms with Crippen LogP contribution in [0.5, 0.6) is 0 Å². The molecule has 17 heavy (non-hydrogen) atoms. The van der Waals surface area contributed by atoms with Crippen LogP contribution in [-0.2, 0) is 7.05 Å². The summed E-state index contributed by atoms with van der Waals surface area (Å²) in [5.74, 6) is 0. The number of pyridine rings is 1. The molecule has 0 spiro atoms. The van der Waals surface area contributed by atoms with Gasteiger partial charge in [-0.05, 0) is 25.1 Å². The van der Waals surface area contributed by atoms with Gasteiger partial charge in [0, 0.05) is 23.6 Å². The average Bonchev–Trinajstić information content (AvgIpc) is 2.28. The quantitative estimate of drug-likeness (QED) is 0.554. The molecule has 2 nitrogen and oxygen atoms in total. The number of aromatic nitrogens is 1. The average molecular weight is 341 g/mol. The van der Waals surface area contributed by atoms with Crippen LogP contribution >= 0.6 is 0 Å². The van der Waals surface area contributed by atoms with Crippen molar-refractivity contribution in [2.45, 2.75) is 13.0 Å². The van der Waals surface area contributed by atoms with Gasteiger partial charge in [0.15, 0.2) is 0 Å². The number of rotatable bonds is 2. The Kier molecular flexibility index (Phi) is 5.08. The van der Waals surface area contributed by atoms with Gasteiger partial charge >= 0.3 is 0 Å². The SMILES string of the molecule is CC(O)C=Cc1ccc2ccccc2[n+]1C.[I-]. The Bertz CT molecular complexity index is 535. The van der Waals surface area contributed by atoms with Crippen molar-refractivity contribution in [1.29, 1.82) is 0 Å². The van der Waals surface area contributed by atoms with Crippen LogP contribution < -0.4 is 28.5 Å². The zero-order valence-electron chi connectivity index (χ0n) is 9.97. The van der Waals surface area contributed by atoms with Gasteiger partial charge in [0.25, 0.3) is 0 Å². The Hall–Kier alpha value is -0.940. The predicted molar refractivity (Wildman–Crippen MR) is 65.8 cm³/mol. The first kappa shape index (κ1) is 14.1. The van der Waals surface area contributed by atoms with Gasteiger partial charge in [0.05, 0.1) is 6.10 Å². The smallest absolute Gasteiger partial charge is 0.212 e. The second-order valence-electron chi connectivity index (χ2n) is 3.98. The number of nitrogens with zero attached hydrogens (tertiary/aromatic N) is 1. The number of hydrogen-bond acceptors (Lipinski definition) is 1. The summed E-state index contributed by atoms with van der Waals surface area (Å²) in [4.78, 5) is 0. The zero-order chi connectivity index (χ0) is 11.5. The number of aliphatic hydroxyl groups is 1. The number of fused-ring (bicyclic) bond motifs is 1. The Morgan fingerprint density at radius 3 is 2.59 bits per heavy atom. The lowest BCUT2D eigenvalue weighted by molar-refractivity contribution is -0.646. The van der Waals surface area contributed by atoms with E-state index >= 15 is 0 Å². The molecule has 1 aromatic heterocycles. The van der Waals surface area contributed by atoms with E-state index in [-0.39, 0.29) is 24.0 Å². The molecule has 0 fully saturated rings. The molecule has 1 atom stereocenters. The van der Waals surface area contributed by atoms with E-state index in [9.17, 15) is 5.11 Å². The standard InChI is InChI=1S/C14H16NO.HI/c1-11(16)7-9-13-10-8-12-5-3-4-6-14(12)15(13)2;/h3-11,16H,1-2H3;1H/q+1;/p-1. The Balaban J connectivity index is 0.00000144. The lowest BCUT2D eigenvalue weighted by Crippen LogP contribution is -3.00. The van der Waals surface area contributed by atoms with Gasteiger partial charge in [-0.2, -0.15) is 4.57 Å². The molecule has 1 unspecified atom stereocenters. The highest BCUT2D eigenvalue weighted by molar-refractivity contribution is 5.76. The van der Waals surface area contributed by atoms with Crippen molar-refractivity contribution in [1.82, 2.24) is 0 Å². The van der Waals surface area contributed by atoms with E-state index < -0.39 is 6.10 Å². The minimum atomic E-state index is -0.411. The molecule has 2 rings (SSSR count). The lowest BCUT2D eigenvalue weighted by Gasteiger charge is -2.00. The van der Waals surface area contributed by atoms with Gasteiger partial charge in [-0.25, -0.2) is 0 Å². The van der Waals surface area contributed by atoms with E-state index in [2.05, 4.69) is 28.8 Å². The fourth-order valence-corrected chi connectivity index (χ4v) is 1.77. The third kappa shape index (κ3) is 3.26. The molecule has 0 amide bonds. The van der Waals surface area contributed by atoms with E-state index in [1.807, 2.05) is 25.3 Å². The maximum atomic E-state index is 9.22. The fourth-order valence-electron chi connectivity index (χ4n) is 1.77. The maximum absolute atomic E-state index is 9.22. The molecule has 0 aliphatic rings. The third-order valence-corrected chi connectivity index (χ3v) is 2.66. The maximum Gasteiger partial charge on any atom is 0.212 e. The van der Waals surface area contributed by atoms with Crippen LogP contribution in [0.25, 0.3) is 17.0 Å². The molecule has 3 heteroatoms. The first-order valence-electron chi connectivity index (χ1n) is 5.42. The van der Waals surface area contributed by atoms with Crippen LogP contribution in [0.1, 0.15) is 12.6 Å². The molecule has 0 aliphatic carbocycles. The largest absolute Gasteiger partial charge is 1.00 e. The highest BCUT2D eigenvalue weighted by Gasteiger charge is 2.07. The second-order valence-corrected chi connectivity index (χ2v) is 3.98. The molecule has 1 aromatic carbocycles. The normalized spacial score (nSPS) is 12.6. The summed E-state index contributed by atoms with van der Waals surface area (Å²) >= 11 is 0. The highest BCUT2D eigenvalue weighted by Crippen LogP contribution is 2.10. The second kappa shape index (κ2) is 6.12. The molecular weight excluding hydrogens is 325 g/mol. The van der Waals surface area contributed by atoms with Crippen LogP contribution in [0.2, 0.25) is 0 Å². The zero-order valence-corrected chi connectivity index (χ0v) is 12.1. The third-order valence-electron chi connectivity index (χ3n) is 2.66. The minimum absolute atomic E-state index is 0. The first-order chi connectivity index (χ1) is 7.68. The summed E-state index contributed by atoms with van der Waals surface area (Å²) in [7, 11) is 2.03. The van der Waals surface area contributed by atoms with E-state index in [1.165, 1.54) is 10.9 Å². The van der Waals surface area contributed by atoms with Gasteiger partial charge in [0.1, 0.15) is 7.05 Å². The fraction of sp³-hybridized carbons (Fsp3) is 0.214. The van der Waals surface area contributed by atoms with Crippen molar-refractivity contribution in [3.8, 4) is 0 Å². The van der Waals surface area contributed by atoms with Crippen LogP contribution in [-0.4, -0.2) is 11.2 Å². The van der Waals surface area contributed by atoms with Gasteiger partial charge in [0.2, 0.25) is 11.2 Å². The van der Waals surface area contributed by atoms with Gasteiger partial charge in [-0.3, -0.25) is 0 Å². The number of aliphatic hydroxyl groups excluding tert-OH is 1. The summed E-state index contributed by atoms with van der Waals surface area (Å²) in [6, 6.07) is 12.4. The molecule has 0 saturated heterocycles.